The Morgan fingerprint density at radius 1 is 0.931 bits per heavy atom. The SMILES string of the molecule is CCP(=O)(CC)c1ccc(-c2cccnc2Oc2ccc(C(F)(F)F)cc2)cc1. The number of benzene rings is 2. The lowest BCUT2D eigenvalue weighted by Gasteiger charge is -2.15. The van der Waals surface area contributed by atoms with Gasteiger partial charge in [-0.25, -0.2) is 4.98 Å². The summed E-state index contributed by atoms with van der Waals surface area (Å²) in [7, 11) is -2.37. The molecule has 3 nitrogen and oxygen atoms in total. The van der Waals surface area contributed by atoms with E-state index in [-0.39, 0.29) is 11.6 Å². The molecule has 0 aliphatic heterocycles. The molecule has 0 atom stereocenters. The maximum absolute atomic E-state index is 12.9. The van der Waals surface area contributed by atoms with Gasteiger partial charge in [0.25, 0.3) is 0 Å². The Morgan fingerprint density at radius 3 is 2.10 bits per heavy atom. The van der Waals surface area contributed by atoms with Crippen LogP contribution in [0.1, 0.15) is 19.4 Å². The van der Waals surface area contributed by atoms with E-state index >= 15 is 0 Å². The van der Waals surface area contributed by atoms with Crippen molar-refractivity contribution in [2.75, 3.05) is 12.3 Å². The van der Waals surface area contributed by atoms with Crippen LogP contribution in [-0.2, 0) is 10.7 Å². The number of rotatable bonds is 6. The lowest BCUT2D eigenvalue weighted by molar-refractivity contribution is -0.137. The second-order valence-electron chi connectivity index (χ2n) is 6.55. The van der Waals surface area contributed by atoms with E-state index in [1.54, 1.807) is 12.3 Å². The number of ether oxygens (including phenoxy) is 1. The molecule has 0 aliphatic rings. The summed E-state index contributed by atoms with van der Waals surface area (Å²) in [4.78, 5) is 4.23. The van der Waals surface area contributed by atoms with Crippen molar-refractivity contribution in [3.63, 3.8) is 0 Å². The van der Waals surface area contributed by atoms with E-state index in [0.29, 0.717) is 17.9 Å². The van der Waals surface area contributed by atoms with E-state index in [4.69, 9.17) is 4.74 Å². The van der Waals surface area contributed by atoms with Crippen LogP contribution in [0.5, 0.6) is 11.6 Å². The number of aromatic nitrogens is 1. The molecule has 7 heteroatoms. The maximum Gasteiger partial charge on any atom is 0.416 e. The summed E-state index contributed by atoms with van der Waals surface area (Å²) in [6.45, 7) is 3.85. The monoisotopic (exact) mass is 419 g/mol. The predicted octanol–water partition coefficient (Wildman–Crippen LogP) is 6.59. The highest BCUT2D eigenvalue weighted by molar-refractivity contribution is 7.71. The van der Waals surface area contributed by atoms with Crippen molar-refractivity contribution in [2.24, 2.45) is 0 Å². The van der Waals surface area contributed by atoms with Crippen molar-refractivity contribution in [1.29, 1.82) is 0 Å². The molecule has 1 aromatic heterocycles. The van der Waals surface area contributed by atoms with Crippen molar-refractivity contribution in [2.45, 2.75) is 20.0 Å². The fraction of sp³-hybridized carbons (Fsp3) is 0.227. The Morgan fingerprint density at radius 2 is 1.55 bits per heavy atom. The van der Waals surface area contributed by atoms with Crippen LogP contribution >= 0.6 is 7.14 Å². The van der Waals surface area contributed by atoms with E-state index in [1.165, 1.54) is 12.1 Å². The van der Waals surface area contributed by atoms with Crippen LogP contribution in [0.15, 0.2) is 66.9 Å². The van der Waals surface area contributed by atoms with Gasteiger partial charge in [0, 0.05) is 29.4 Å². The summed E-state index contributed by atoms with van der Waals surface area (Å²) in [5.41, 5.74) is 0.780. The van der Waals surface area contributed by atoms with E-state index in [2.05, 4.69) is 4.98 Å². The van der Waals surface area contributed by atoms with E-state index in [1.807, 2.05) is 44.2 Å². The van der Waals surface area contributed by atoms with Gasteiger partial charge in [0.1, 0.15) is 12.9 Å². The number of nitrogens with zero attached hydrogens (tertiary/aromatic N) is 1. The molecule has 0 saturated carbocycles. The second kappa shape index (κ2) is 8.42. The molecule has 0 saturated heterocycles. The van der Waals surface area contributed by atoms with Crippen LogP contribution < -0.4 is 10.0 Å². The summed E-state index contributed by atoms with van der Waals surface area (Å²) < 4.78 is 56.8. The van der Waals surface area contributed by atoms with Gasteiger partial charge in [-0.1, -0.05) is 38.1 Å². The largest absolute Gasteiger partial charge is 0.438 e. The molecule has 0 spiro atoms. The molecule has 0 amide bonds. The number of halogens is 3. The first-order valence-electron chi connectivity index (χ1n) is 9.26. The molecule has 0 N–H and O–H groups in total. The summed E-state index contributed by atoms with van der Waals surface area (Å²) in [6.07, 6.45) is -1.62. The number of hydrogen-bond acceptors (Lipinski definition) is 3. The molecule has 0 aliphatic carbocycles. The highest BCUT2D eigenvalue weighted by Crippen LogP contribution is 2.43. The molecule has 3 aromatic rings. The molecule has 3 rings (SSSR count). The van der Waals surface area contributed by atoms with Gasteiger partial charge in [0.15, 0.2) is 0 Å². The Bertz CT molecular complexity index is 1010. The Kier molecular flexibility index (Phi) is 6.13. The number of alkyl halides is 3. The maximum atomic E-state index is 12.9. The lowest BCUT2D eigenvalue weighted by atomic mass is 10.1. The zero-order valence-corrected chi connectivity index (χ0v) is 17.0. The van der Waals surface area contributed by atoms with Gasteiger partial charge < -0.3 is 9.30 Å². The topological polar surface area (TPSA) is 39.2 Å². The summed E-state index contributed by atoms with van der Waals surface area (Å²) >= 11 is 0. The normalized spacial score (nSPS) is 12.0. The van der Waals surface area contributed by atoms with Crippen molar-refractivity contribution >= 4 is 12.4 Å². The summed E-state index contributed by atoms with van der Waals surface area (Å²) in [5.74, 6) is 0.546. The lowest BCUT2D eigenvalue weighted by Crippen LogP contribution is -2.08. The Balaban J connectivity index is 1.89. The summed E-state index contributed by atoms with van der Waals surface area (Å²) in [6, 6.07) is 15.5. The first-order valence-corrected chi connectivity index (χ1v) is 11.3. The molecule has 152 valence electrons. The third-order valence-corrected chi connectivity index (χ3v) is 8.12. The summed E-state index contributed by atoms with van der Waals surface area (Å²) in [5, 5.41) is 0.834. The van der Waals surface area contributed by atoms with Gasteiger partial charge >= 0.3 is 6.18 Å². The van der Waals surface area contributed by atoms with Crippen LogP contribution in [0.4, 0.5) is 13.2 Å². The first kappa shape index (κ1) is 21.1. The van der Waals surface area contributed by atoms with Crippen LogP contribution in [0.3, 0.4) is 0 Å². The molecule has 0 unspecified atom stereocenters. The van der Waals surface area contributed by atoms with Crippen LogP contribution in [0.25, 0.3) is 11.1 Å². The average molecular weight is 419 g/mol. The molecule has 1 heterocycles. The highest BCUT2D eigenvalue weighted by atomic mass is 31.2. The minimum Gasteiger partial charge on any atom is -0.438 e. The molecular weight excluding hydrogens is 398 g/mol. The average Bonchev–Trinajstić information content (AvgIpc) is 2.73. The molecule has 0 radical (unpaired) electrons. The number of hydrogen-bond donors (Lipinski definition) is 0. The van der Waals surface area contributed by atoms with Crippen molar-refractivity contribution in [3.05, 3.63) is 72.4 Å². The van der Waals surface area contributed by atoms with E-state index in [0.717, 1.165) is 23.0 Å². The highest BCUT2D eigenvalue weighted by Gasteiger charge is 2.30. The van der Waals surface area contributed by atoms with Gasteiger partial charge in [-0.15, -0.1) is 0 Å². The van der Waals surface area contributed by atoms with Gasteiger partial charge in [0.05, 0.1) is 5.56 Å². The van der Waals surface area contributed by atoms with Gasteiger partial charge in [0.2, 0.25) is 5.88 Å². The predicted molar refractivity (Wildman–Crippen MR) is 110 cm³/mol. The molecule has 2 aromatic carbocycles. The van der Waals surface area contributed by atoms with Gasteiger partial charge in [-0.3, -0.25) is 0 Å². The fourth-order valence-corrected chi connectivity index (χ4v) is 4.89. The van der Waals surface area contributed by atoms with Gasteiger partial charge in [-0.2, -0.15) is 13.2 Å². The molecular formula is C22H21F3NO2P. The van der Waals surface area contributed by atoms with Crippen molar-refractivity contribution in [3.8, 4) is 22.8 Å². The van der Waals surface area contributed by atoms with Crippen LogP contribution in [-0.4, -0.2) is 17.3 Å². The van der Waals surface area contributed by atoms with Crippen molar-refractivity contribution < 1.29 is 22.5 Å². The smallest absolute Gasteiger partial charge is 0.416 e. The quantitative estimate of drug-likeness (QED) is 0.423. The molecule has 0 fully saturated rings. The van der Waals surface area contributed by atoms with E-state index < -0.39 is 18.9 Å². The minimum absolute atomic E-state index is 0.260. The Hall–Kier alpha value is -2.59. The van der Waals surface area contributed by atoms with E-state index in [9.17, 15) is 17.7 Å². The molecule has 29 heavy (non-hydrogen) atoms. The standard InChI is InChI=1S/C22H21F3NO2P/c1-3-29(27,4-2)19-13-7-16(8-14-19)20-6-5-15-26-21(20)28-18-11-9-17(10-12-18)22(23,24)25/h5-15H,3-4H2,1-2H3. The minimum atomic E-state index is -4.40. The number of pyridine rings is 1. The molecule has 0 bridgehead atoms. The first-order chi connectivity index (χ1) is 13.8. The Labute approximate surface area is 167 Å². The van der Waals surface area contributed by atoms with Crippen molar-refractivity contribution in [1.82, 2.24) is 4.98 Å². The van der Waals surface area contributed by atoms with Crippen LogP contribution in [0, 0.1) is 0 Å². The zero-order chi connectivity index (χ0) is 21.1. The van der Waals surface area contributed by atoms with Gasteiger partial charge in [-0.05, 0) is 42.0 Å². The third kappa shape index (κ3) is 4.70. The third-order valence-electron chi connectivity index (χ3n) is 4.84. The fourth-order valence-electron chi connectivity index (χ4n) is 3.02. The second-order valence-corrected chi connectivity index (χ2v) is 10.1. The zero-order valence-electron chi connectivity index (χ0n) is 16.1. The van der Waals surface area contributed by atoms with Crippen LogP contribution in [0.2, 0.25) is 0 Å².